The topological polar surface area (TPSA) is 102 Å². The summed E-state index contributed by atoms with van der Waals surface area (Å²) in [6.07, 6.45) is 0.706. The molecule has 0 aromatic heterocycles. The van der Waals surface area contributed by atoms with Crippen LogP contribution < -0.4 is 10.1 Å². The fraction of sp³-hybridized carbons (Fsp3) is 0.500. The lowest BCUT2D eigenvalue weighted by atomic mass is 10.3. The van der Waals surface area contributed by atoms with Crippen molar-refractivity contribution in [2.45, 2.75) is 11.3 Å². The number of nitrogens with one attached hydrogen (secondary N) is 1. The van der Waals surface area contributed by atoms with Crippen LogP contribution in [0, 0.1) is 10.1 Å². The average Bonchev–Trinajstić information content (AvgIpc) is 2.76. The molecule has 2 rings (SSSR count). The highest BCUT2D eigenvalue weighted by Gasteiger charge is 2.28. The Balaban J connectivity index is 0.00000242. The van der Waals surface area contributed by atoms with Crippen molar-refractivity contribution in [1.29, 1.82) is 0 Å². The van der Waals surface area contributed by atoms with Crippen molar-refractivity contribution >= 4 is 28.1 Å². The van der Waals surface area contributed by atoms with Gasteiger partial charge in [-0.05, 0) is 25.1 Å². The molecule has 0 amide bonds. The van der Waals surface area contributed by atoms with Crippen molar-refractivity contribution in [3.05, 3.63) is 28.3 Å². The second-order valence-corrected chi connectivity index (χ2v) is 6.54. The van der Waals surface area contributed by atoms with Crippen molar-refractivity contribution < 1.29 is 18.1 Å². The molecule has 0 bridgehead atoms. The summed E-state index contributed by atoms with van der Waals surface area (Å²) in [6.45, 7) is 2.07. The first-order valence-corrected chi connectivity index (χ1v) is 7.94. The minimum absolute atomic E-state index is 0. The van der Waals surface area contributed by atoms with E-state index in [0.29, 0.717) is 26.1 Å². The largest absolute Gasteiger partial charge is 0.490 e. The Morgan fingerprint density at radius 1 is 1.32 bits per heavy atom. The van der Waals surface area contributed by atoms with Crippen LogP contribution >= 0.6 is 12.4 Å². The molecule has 0 atom stereocenters. The normalized spacial score (nSPS) is 16.4. The Hall–Kier alpha value is -1.42. The van der Waals surface area contributed by atoms with Crippen molar-refractivity contribution in [2.24, 2.45) is 0 Å². The van der Waals surface area contributed by atoms with E-state index in [1.807, 2.05) is 0 Å². The van der Waals surface area contributed by atoms with Crippen molar-refractivity contribution in [1.82, 2.24) is 9.62 Å². The van der Waals surface area contributed by atoms with Crippen molar-refractivity contribution in [3.63, 3.8) is 0 Å². The fourth-order valence-corrected chi connectivity index (χ4v) is 3.68. The second-order valence-electron chi connectivity index (χ2n) is 4.60. The quantitative estimate of drug-likeness (QED) is 0.641. The molecule has 124 valence electrons. The summed E-state index contributed by atoms with van der Waals surface area (Å²) < 4.78 is 31.3. The Kier molecular flexibility index (Phi) is 6.54. The molecule has 22 heavy (non-hydrogen) atoms. The van der Waals surface area contributed by atoms with E-state index in [1.54, 1.807) is 0 Å². The molecule has 0 saturated carbocycles. The molecular formula is C12H18ClN3O5S. The van der Waals surface area contributed by atoms with E-state index in [1.165, 1.54) is 23.5 Å². The molecule has 0 spiro atoms. The molecule has 8 nitrogen and oxygen atoms in total. The van der Waals surface area contributed by atoms with Gasteiger partial charge in [-0.1, -0.05) is 0 Å². The van der Waals surface area contributed by atoms with Gasteiger partial charge in [-0.3, -0.25) is 10.1 Å². The monoisotopic (exact) mass is 351 g/mol. The number of hydrogen-bond donors (Lipinski definition) is 1. The predicted molar refractivity (Wildman–Crippen MR) is 83.1 cm³/mol. The summed E-state index contributed by atoms with van der Waals surface area (Å²) in [4.78, 5) is 10.3. The second kappa shape index (κ2) is 7.73. The van der Waals surface area contributed by atoms with Crippen LogP contribution in [0.4, 0.5) is 5.69 Å². The van der Waals surface area contributed by atoms with Gasteiger partial charge in [0, 0.05) is 25.7 Å². The molecule has 1 heterocycles. The zero-order valence-corrected chi connectivity index (χ0v) is 13.7. The Labute approximate surface area is 135 Å². The smallest absolute Gasteiger partial charge is 0.312 e. The first-order valence-electron chi connectivity index (χ1n) is 6.50. The Morgan fingerprint density at radius 3 is 2.68 bits per heavy atom. The summed E-state index contributed by atoms with van der Waals surface area (Å²) in [7, 11) is -2.43. The van der Waals surface area contributed by atoms with Crippen molar-refractivity contribution in [2.75, 3.05) is 33.3 Å². The Morgan fingerprint density at radius 2 is 2.05 bits per heavy atom. The van der Waals surface area contributed by atoms with E-state index in [0.717, 1.165) is 12.6 Å². The van der Waals surface area contributed by atoms with Gasteiger partial charge >= 0.3 is 5.69 Å². The number of methoxy groups -OCH3 is 1. The highest BCUT2D eigenvalue weighted by molar-refractivity contribution is 7.89. The lowest BCUT2D eigenvalue weighted by Crippen LogP contribution is -2.34. The molecule has 1 N–H and O–H groups in total. The first-order chi connectivity index (χ1) is 9.96. The number of nitro groups is 1. The van der Waals surface area contributed by atoms with E-state index in [9.17, 15) is 18.5 Å². The van der Waals surface area contributed by atoms with Gasteiger partial charge in [0.1, 0.15) is 0 Å². The summed E-state index contributed by atoms with van der Waals surface area (Å²) in [5, 5.41) is 14.1. The van der Waals surface area contributed by atoms with Gasteiger partial charge in [0.25, 0.3) is 0 Å². The fourth-order valence-electron chi connectivity index (χ4n) is 2.18. The molecular weight excluding hydrogens is 334 g/mol. The van der Waals surface area contributed by atoms with Crippen LogP contribution in [0.2, 0.25) is 0 Å². The van der Waals surface area contributed by atoms with Crippen molar-refractivity contribution in [3.8, 4) is 5.75 Å². The highest BCUT2D eigenvalue weighted by Crippen LogP contribution is 2.30. The third-order valence-electron chi connectivity index (χ3n) is 3.28. The number of halogens is 1. The average molecular weight is 352 g/mol. The number of sulfonamides is 1. The number of hydrogen-bond acceptors (Lipinski definition) is 6. The number of benzene rings is 1. The third kappa shape index (κ3) is 3.86. The number of ether oxygens (including phenoxy) is 1. The summed E-state index contributed by atoms with van der Waals surface area (Å²) in [5.74, 6) is 0.0384. The molecule has 0 radical (unpaired) electrons. The minimum Gasteiger partial charge on any atom is -0.490 e. The van der Waals surface area contributed by atoms with Crippen LogP contribution in [0.15, 0.2) is 23.1 Å². The molecule has 1 aromatic carbocycles. The molecule has 1 aliphatic rings. The van der Waals surface area contributed by atoms with Crippen LogP contribution in [-0.4, -0.2) is 50.9 Å². The van der Waals surface area contributed by atoms with Gasteiger partial charge in [-0.15, -0.1) is 12.4 Å². The maximum atomic E-state index is 12.5. The molecule has 1 aliphatic heterocycles. The number of rotatable bonds is 4. The SMILES string of the molecule is COc1ccc(S(=O)(=O)N2CCCNCC2)cc1[N+](=O)[O-].Cl. The van der Waals surface area contributed by atoms with Crippen LogP contribution in [0.5, 0.6) is 5.75 Å². The molecule has 10 heteroatoms. The van der Waals surface area contributed by atoms with Gasteiger partial charge < -0.3 is 10.1 Å². The molecule has 1 aromatic rings. The molecule has 0 unspecified atom stereocenters. The number of nitro benzene ring substituents is 1. The lowest BCUT2D eigenvalue weighted by molar-refractivity contribution is -0.386. The summed E-state index contributed by atoms with van der Waals surface area (Å²) in [6, 6.07) is 3.69. The third-order valence-corrected chi connectivity index (χ3v) is 5.18. The van der Waals surface area contributed by atoms with Crippen LogP contribution in [-0.2, 0) is 10.0 Å². The minimum atomic E-state index is -3.73. The van der Waals surface area contributed by atoms with Gasteiger partial charge in [0.05, 0.1) is 16.9 Å². The first kappa shape index (κ1) is 18.6. The molecule has 0 aliphatic carbocycles. The van der Waals surface area contributed by atoms with Gasteiger partial charge in [0.15, 0.2) is 5.75 Å². The summed E-state index contributed by atoms with van der Waals surface area (Å²) >= 11 is 0. The standard InChI is InChI=1S/C12H17N3O5S.ClH/c1-20-12-4-3-10(9-11(12)15(16)17)21(18,19)14-7-2-5-13-6-8-14;/h3-4,9,13H,2,5-8H2,1H3;1H. The van der Waals surface area contributed by atoms with E-state index < -0.39 is 14.9 Å². The van der Waals surface area contributed by atoms with E-state index >= 15 is 0 Å². The zero-order valence-electron chi connectivity index (χ0n) is 12.0. The van der Waals surface area contributed by atoms with Gasteiger partial charge in [0.2, 0.25) is 10.0 Å². The lowest BCUT2D eigenvalue weighted by Gasteiger charge is -2.19. The van der Waals surface area contributed by atoms with Crippen LogP contribution in [0.25, 0.3) is 0 Å². The summed E-state index contributed by atoms with van der Waals surface area (Å²) in [5.41, 5.74) is -0.355. The van der Waals surface area contributed by atoms with Gasteiger partial charge in [-0.25, -0.2) is 8.42 Å². The van der Waals surface area contributed by atoms with E-state index in [-0.39, 0.29) is 28.7 Å². The van der Waals surface area contributed by atoms with E-state index in [4.69, 9.17) is 4.74 Å². The predicted octanol–water partition coefficient (Wildman–Crippen LogP) is 1.01. The van der Waals surface area contributed by atoms with Crippen LogP contribution in [0.3, 0.4) is 0 Å². The zero-order chi connectivity index (χ0) is 15.5. The highest BCUT2D eigenvalue weighted by atomic mass is 35.5. The number of nitrogens with zero attached hydrogens (tertiary/aromatic N) is 2. The maximum Gasteiger partial charge on any atom is 0.312 e. The molecule has 1 saturated heterocycles. The van der Waals surface area contributed by atoms with E-state index in [2.05, 4.69) is 5.32 Å². The van der Waals surface area contributed by atoms with Gasteiger partial charge in [-0.2, -0.15) is 4.31 Å². The van der Waals surface area contributed by atoms with Crippen LogP contribution in [0.1, 0.15) is 6.42 Å². The maximum absolute atomic E-state index is 12.5. The Bertz CT molecular complexity index is 630. The molecule has 1 fully saturated rings.